The molecule has 0 atom stereocenters. The van der Waals surface area contributed by atoms with E-state index < -0.39 is 0 Å². The molecule has 84 valence electrons. The molecule has 0 aromatic carbocycles. The van der Waals surface area contributed by atoms with Gasteiger partial charge in [-0.2, -0.15) is 0 Å². The highest BCUT2D eigenvalue weighted by molar-refractivity contribution is 5.33. The van der Waals surface area contributed by atoms with Gasteiger partial charge in [0.15, 0.2) is 0 Å². The minimum atomic E-state index is 1.24. The third-order valence-electron chi connectivity index (χ3n) is 3.39. The van der Waals surface area contributed by atoms with E-state index in [1.807, 2.05) is 0 Å². The van der Waals surface area contributed by atoms with Crippen LogP contribution in [0.4, 0.5) is 0 Å². The largest absolute Gasteiger partial charge is 0.0845 e. The van der Waals surface area contributed by atoms with Crippen LogP contribution in [0.3, 0.4) is 0 Å². The zero-order chi connectivity index (χ0) is 11.1. The van der Waals surface area contributed by atoms with E-state index in [0.717, 1.165) is 0 Å². The summed E-state index contributed by atoms with van der Waals surface area (Å²) < 4.78 is 0. The van der Waals surface area contributed by atoms with E-state index >= 15 is 0 Å². The van der Waals surface area contributed by atoms with Crippen molar-refractivity contribution < 1.29 is 0 Å². The Labute approximate surface area is 94.8 Å². The van der Waals surface area contributed by atoms with Crippen LogP contribution in [0, 0.1) is 0 Å². The molecule has 0 saturated heterocycles. The molecule has 1 aliphatic carbocycles. The van der Waals surface area contributed by atoms with Crippen molar-refractivity contribution in [3.8, 4) is 0 Å². The van der Waals surface area contributed by atoms with E-state index in [-0.39, 0.29) is 0 Å². The summed E-state index contributed by atoms with van der Waals surface area (Å²) in [6.45, 7) is 6.75. The first-order chi connectivity index (χ1) is 7.22. The zero-order valence-electron chi connectivity index (χ0n) is 10.5. The minimum absolute atomic E-state index is 1.24. The zero-order valence-corrected chi connectivity index (χ0v) is 10.5. The normalized spacial score (nSPS) is 22.7. The lowest BCUT2D eigenvalue weighted by molar-refractivity contribution is 0.642. The Morgan fingerprint density at radius 1 is 0.933 bits per heavy atom. The van der Waals surface area contributed by atoms with Gasteiger partial charge in [0, 0.05) is 0 Å². The molecule has 0 amide bonds. The molecule has 0 aromatic heterocycles. The van der Waals surface area contributed by atoms with Gasteiger partial charge in [-0.05, 0) is 57.6 Å². The van der Waals surface area contributed by atoms with Crippen molar-refractivity contribution in [3.63, 3.8) is 0 Å². The Balaban J connectivity index is 2.77. The first kappa shape index (κ1) is 12.3. The van der Waals surface area contributed by atoms with Crippen LogP contribution < -0.4 is 0 Å². The van der Waals surface area contributed by atoms with Crippen molar-refractivity contribution >= 4 is 0 Å². The maximum absolute atomic E-state index is 2.30. The van der Waals surface area contributed by atoms with E-state index in [9.17, 15) is 0 Å². The van der Waals surface area contributed by atoms with Gasteiger partial charge in [-0.15, -0.1) is 0 Å². The summed E-state index contributed by atoms with van der Waals surface area (Å²) in [7, 11) is 0. The van der Waals surface area contributed by atoms with Gasteiger partial charge >= 0.3 is 0 Å². The molecule has 1 aliphatic rings. The quantitative estimate of drug-likeness (QED) is 0.510. The highest BCUT2D eigenvalue weighted by Gasteiger charge is 2.00. The summed E-state index contributed by atoms with van der Waals surface area (Å²) >= 11 is 0. The van der Waals surface area contributed by atoms with Gasteiger partial charge in [-0.1, -0.05) is 36.6 Å². The molecule has 0 heterocycles. The van der Waals surface area contributed by atoms with E-state index in [2.05, 4.69) is 39.0 Å². The lowest BCUT2D eigenvalue weighted by atomic mass is 9.98. The van der Waals surface area contributed by atoms with Crippen LogP contribution in [0.25, 0.3) is 0 Å². The summed E-state index contributed by atoms with van der Waals surface area (Å²) in [5, 5.41) is 0. The predicted octanol–water partition coefficient (Wildman–Crippen LogP) is 5.18. The van der Waals surface area contributed by atoms with Gasteiger partial charge in [0.2, 0.25) is 0 Å². The Bertz CT molecular complexity index is 276. The van der Waals surface area contributed by atoms with Gasteiger partial charge in [-0.3, -0.25) is 0 Å². The SMILES string of the molecule is CC1=C/C=C/CCCCCCC(C)=C1C. The Kier molecular flexibility index (Phi) is 5.45. The van der Waals surface area contributed by atoms with E-state index in [0.29, 0.717) is 0 Å². The molecule has 0 aromatic rings. The first-order valence-corrected chi connectivity index (χ1v) is 6.22. The summed E-state index contributed by atoms with van der Waals surface area (Å²) in [6.07, 6.45) is 14.8. The van der Waals surface area contributed by atoms with Gasteiger partial charge < -0.3 is 0 Å². The van der Waals surface area contributed by atoms with Gasteiger partial charge in [0.05, 0.1) is 0 Å². The number of allylic oxidation sites excluding steroid dienone is 6. The number of hydrogen-bond donors (Lipinski definition) is 0. The maximum Gasteiger partial charge on any atom is -0.0317 e. The molecule has 0 spiro atoms. The molecule has 0 bridgehead atoms. The van der Waals surface area contributed by atoms with E-state index in [1.165, 1.54) is 49.7 Å². The van der Waals surface area contributed by atoms with Crippen LogP contribution in [-0.2, 0) is 0 Å². The van der Waals surface area contributed by atoms with Crippen LogP contribution in [0.5, 0.6) is 0 Å². The summed E-state index contributed by atoms with van der Waals surface area (Å²) in [5.74, 6) is 0. The Hall–Kier alpha value is -0.780. The fourth-order valence-electron chi connectivity index (χ4n) is 1.96. The lowest BCUT2D eigenvalue weighted by Crippen LogP contribution is -1.89. The molecule has 0 aliphatic heterocycles. The van der Waals surface area contributed by atoms with Crippen molar-refractivity contribution in [3.05, 3.63) is 34.9 Å². The molecule has 0 fully saturated rings. The van der Waals surface area contributed by atoms with Gasteiger partial charge in [-0.25, -0.2) is 0 Å². The van der Waals surface area contributed by atoms with Crippen molar-refractivity contribution in [1.29, 1.82) is 0 Å². The Morgan fingerprint density at radius 3 is 2.47 bits per heavy atom. The minimum Gasteiger partial charge on any atom is -0.0845 e. The second kappa shape index (κ2) is 6.66. The fraction of sp³-hybridized carbons (Fsp3) is 0.600. The van der Waals surface area contributed by atoms with Crippen molar-refractivity contribution in [1.82, 2.24) is 0 Å². The summed E-state index contributed by atoms with van der Waals surface area (Å²) in [6, 6.07) is 0. The van der Waals surface area contributed by atoms with Crippen LogP contribution in [0.1, 0.15) is 59.3 Å². The third-order valence-corrected chi connectivity index (χ3v) is 3.39. The standard InChI is InChI=1S/C15H24/c1-13-11-9-7-5-4-6-8-10-12-14(2)15(13)3/h7,9,11H,4-6,8,10,12H2,1-3H3/b9-7+,13-11?,15-14?. The van der Waals surface area contributed by atoms with E-state index in [4.69, 9.17) is 0 Å². The molecular weight excluding hydrogens is 180 g/mol. The number of hydrogen-bond acceptors (Lipinski definition) is 0. The third kappa shape index (κ3) is 4.51. The topological polar surface area (TPSA) is 0 Å². The van der Waals surface area contributed by atoms with Crippen LogP contribution >= 0.6 is 0 Å². The van der Waals surface area contributed by atoms with Crippen LogP contribution in [-0.4, -0.2) is 0 Å². The molecule has 0 N–H and O–H groups in total. The molecule has 0 radical (unpaired) electrons. The average molecular weight is 204 g/mol. The van der Waals surface area contributed by atoms with Gasteiger partial charge in [0.1, 0.15) is 0 Å². The first-order valence-electron chi connectivity index (χ1n) is 6.22. The maximum atomic E-state index is 2.30. The second-order valence-electron chi connectivity index (χ2n) is 4.64. The van der Waals surface area contributed by atoms with E-state index in [1.54, 1.807) is 5.57 Å². The number of rotatable bonds is 0. The fourth-order valence-corrected chi connectivity index (χ4v) is 1.96. The lowest BCUT2D eigenvalue weighted by Gasteiger charge is -2.09. The Morgan fingerprint density at radius 2 is 1.67 bits per heavy atom. The smallest absolute Gasteiger partial charge is 0.0317 e. The molecule has 0 saturated carbocycles. The molecular formula is C15H24. The highest BCUT2D eigenvalue weighted by Crippen LogP contribution is 2.20. The van der Waals surface area contributed by atoms with Crippen LogP contribution in [0.2, 0.25) is 0 Å². The average Bonchev–Trinajstić information content (AvgIpc) is 2.23. The molecule has 0 heteroatoms. The van der Waals surface area contributed by atoms with Crippen molar-refractivity contribution in [2.24, 2.45) is 0 Å². The van der Waals surface area contributed by atoms with Crippen molar-refractivity contribution in [2.75, 3.05) is 0 Å². The van der Waals surface area contributed by atoms with Crippen LogP contribution in [0.15, 0.2) is 34.9 Å². The highest BCUT2D eigenvalue weighted by atomic mass is 14.1. The summed E-state index contributed by atoms with van der Waals surface area (Å²) in [4.78, 5) is 0. The predicted molar refractivity (Wildman–Crippen MR) is 69.0 cm³/mol. The van der Waals surface area contributed by atoms with Crippen molar-refractivity contribution in [2.45, 2.75) is 59.3 Å². The molecule has 0 nitrogen and oxygen atoms in total. The molecule has 15 heavy (non-hydrogen) atoms. The molecule has 1 rings (SSSR count). The second-order valence-corrected chi connectivity index (χ2v) is 4.64. The summed E-state index contributed by atoms with van der Waals surface area (Å²) in [5.41, 5.74) is 4.47. The molecule has 0 unspecified atom stereocenters. The van der Waals surface area contributed by atoms with Gasteiger partial charge in [0.25, 0.3) is 0 Å². The monoisotopic (exact) mass is 204 g/mol.